The smallest absolute Gasteiger partial charge is 0.252 e. The van der Waals surface area contributed by atoms with Gasteiger partial charge in [0.05, 0.1) is 5.69 Å². The fraction of sp³-hybridized carbons (Fsp3) is 0.562. The Kier molecular flexibility index (Phi) is 3.76. The van der Waals surface area contributed by atoms with Gasteiger partial charge in [0.15, 0.2) is 0 Å². The SMILES string of the molecule is Cc1cc(=O)n(CC(=O)N2CCCCC2)c2c1c(C)nn2C. The Morgan fingerprint density at radius 3 is 2.59 bits per heavy atom. The molecule has 0 aliphatic carbocycles. The van der Waals surface area contributed by atoms with Gasteiger partial charge in [-0.2, -0.15) is 5.10 Å². The van der Waals surface area contributed by atoms with Gasteiger partial charge in [0.25, 0.3) is 5.56 Å². The molecular weight excluding hydrogens is 280 g/mol. The minimum atomic E-state index is -0.140. The summed E-state index contributed by atoms with van der Waals surface area (Å²) in [5.74, 6) is 0.0193. The molecule has 22 heavy (non-hydrogen) atoms. The van der Waals surface area contributed by atoms with Crippen molar-refractivity contribution in [2.24, 2.45) is 7.05 Å². The Bertz CT molecular complexity index is 782. The molecule has 1 aliphatic rings. The summed E-state index contributed by atoms with van der Waals surface area (Å²) in [7, 11) is 1.82. The van der Waals surface area contributed by atoms with Crippen molar-refractivity contribution < 1.29 is 4.79 Å². The van der Waals surface area contributed by atoms with Crippen LogP contribution in [0.1, 0.15) is 30.5 Å². The summed E-state index contributed by atoms with van der Waals surface area (Å²) in [5, 5.41) is 5.37. The fourth-order valence-corrected chi connectivity index (χ4v) is 3.39. The van der Waals surface area contributed by atoms with Crippen LogP contribution in [0.4, 0.5) is 0 Å². The Morgan fingerprint density at radius 2 is 1.91 bits per heavy atom. The van der Waals surface area contributed by atoms with Gasteiger partial charge in [0, 0.05) is 31.6 Å². The average molecular weight is 302 g/mol. The standard InChI is InChI=1S/C16H22N4O2/c1-11-9-13(21)20(16-15(11)12(2)17-18(16)3)10-14(22)19-7-5-4-6-8-19/h9H,4-8,10H2,1-3H3. The highest BCUT2D eigenvalue weighted by Crippen LogP contribution is 2.20. The molecule has 1 amide bonds. The van der Waals surface area contributed by atoms with Gasteiger partial charge in [-0.05, 0) is 38.7 Å². The second kappa shape index (κ2) is 5.59. The Balaban J connectivity index is 2.03. The van der Waals surface area contributed by atoms with Crippen LogP contribution in [0.5, 0.6) is 0 Å². The Morgan fingerprint density at radius 1 is 1.23 bits per heavy atom. The van der Waals surface area contributed by atoms with Crippen LogP contribution < -0.4 is 5.56 Å². The van der Waals surface area contributed by atoms with E-state index in [1.165, 1.54) is 6.42 Å². The number of likely N-dealkylation sites (tertiary alicyclic amines) is 1. The van der Waals surface area contributed by atoms with Crippen LogP contribution in [0, 0.1) is 13.8 Å². The topological polar surface area (TPSA) is 60.1 Å². The van der Waals surface area contributed by atoms with E-state index in [-0.39, 0.29) is 18.0 Å². The number of hydrogen-bond acceptors (Lipinski definition) is 3. The zero-order chi connectivity index (χ0) is 15.9. The van der Waals surface area contributed by atoms with Gasteiger partial charge in [-0.1, -0.05) is 0 Å². The van der Waals surface area contributed by atoms with Gasteiger partial charge in [-0.25, -0.2) is 0 Å². The molecule has 0 saturated carbocycles. The zero-order valence-electron chi connectivity index (χ0n) is 13.4. The van der Waals surface area contributed by atoms with Crippen molar-refractivity contribution in [2.75, 3.05) is 13.1 Å². The molecule has 3 heterocycles. The number of carbonyl (C=O) groups excluding carboxylic acids is 1. The lowest BCUT2D eigenvalue weighted by Gasteiger charge is -2.27. The Hall–Kier alpha value is -2.11. The number of hydrogen-bond donors (Lipinski definition) is 0. The normalized spacial score (nSPS) is 15.5. The number of piperidine rings is 1. The van der Waals surface area contributed by atoms with E-state index in [1.54, 1.807) is 15.3 Å². The third-order valence-corrected chi connectivity index (χ3v) is 4.45. The summed E-state index contributed by atoms with van der Waals surface area (Å²) in [5.41, 5.74) is 2.38. The van der Waals surface area contributed by atoms with E-state index in [0.717, 1.165) is 48.2 Å². The molecule has 0 spiro atoms. The van der Waals surface area contributed by atoms with Crippen LogP contribution in [-0.4, -0.2) is 38.2 Å². The van der Waals surface area contributed by atoms with E-state index in [0.29, 0.717) is 0 Å². The number of aryl methyl sites for hydroxylation is 3. The maximum atomic E-state index is 12.5. The van der Waals surface area contributed by atoms with Crippen molar-refractivity contribution in [1.29, 1.82) is 0 Å². The maximum Gasteiger partial charge on any atom is 0.252 e. The molecule has 2 aromatic heterocycles. The lowest BCUT2D eigenvalue weighted by atomic mass is 10.1. The summed E-state index contributed by atoms with van der Waals surface area (Å²) >= 11 is 0. The third-order valence-electron chi connectivity index (χ3n) is 4.45. The summed E-state index contributed by atoms with van der Waals surface area (Å²) in [6, 6.07) is 1.60. The van der Waals surface area contributed by atoms with E-state index in [9.17, 15) is 9.59 Å². The summed E-state index contributed by atoms with van der Waals surface area (Å²) in [4.78, 5) is 26.8. The molecule has 0 unspecified atom stereocenters. The summed E-state index contributed by atoms with van der Waals surface area (Å²) in [6.45, 7) is 5.53. The molecule has 0 atom stereocenters. The van der Waals surface area contributed by atoms with Crippen molar-refractivity contribution >= 4 is 16.9 Å². The second-order valence-electron chi connectivity index (χ2n) is 6.10. The van der Waals surface area contributed by atoms with E-state index in [4.69, 9.17) is 0 Å². The lowest BCUT2D eigenvalue weighted by molar-refractivity contribution is -0.132. The predicted octanol–water partition coefficient (Wildman–Crippen LogP) is 1.36. The van der Waals surface area contributed by atoms with Gasteiger partial charge in [0.2, 0.25) is 5.91 Å². The highest BCUT2D eigenvalue weighted by Gasteiger charge is 2.20. The van der Waals surface area contributed by atoms with Crippen molar-refractivity contribution in [3.8, 4) is 0 Å². The molecule has 0 bridgehead atoms. The molecule has 118 valence electrons. The number of amides is 1. The van der Waals surface area contributed by atoms with Gasteiger partial charge in [-0.3, -0.25) is 18.8 Å². The molecule has 0 aromatic carbocycles. The molecule has 0 N–H and O–H groups in total. The monoisotopic (exact) mass is 302 g/mol. The summed E-state index contributed by atoms with van der Waals surface area (Å²) < 4.78 is 3.25. The second-order valence-corrected chi connectivity index (χ2v) is 6.10. The van der Waals surface area contributed by atoms with Crippen molar-refractivity contribution in [3.63, 3.8) is 0 Å². The number of carbonyl (C=O) groups is 1. The van der Waals surface area contributed by atoms with E-state index in [1.807, 2.05) is 25.8 Å². The first-order chi connectivity index (χ1) is 10.5. The maximum absolute atomic E-state index is 12.5. The van der Waals surface area contributed by atoms with Crippen molar-refractivity contribution in [2.45, 2.75) is 39.7 Å². The van der Waals surface area contributed by atoms with Crippen LogP contribution in [0.25, 0.3) is 11.0 Å². The first kappa shape index (κ1) is 14.8. The lowest BCUT2D eigenvalue weighted by Crippen LogP contribution is -2.39. The number of pyridine rings is 1. The molecule has 3 rings (SSSR count). The number of fused-ring (bicyclic) bond motifs is 1. The molecule has 1 fully saturated rings. The molecule has 1 aliphatic heterocycles. The highest BCUT2D eigenvalue weighted by atomic mass is 16.2. The Labute approximate surface area is 129 Å². The van der Waals surface area contributed by atoms with Gasteiger partial charge in [0.1, 0.15) is 12.2 Å². The van der Waals surface area contributed by atoms with Crippen LogP contribution in [0.15, 0.2) is 10.9 Å². The van der Waals surface area contributed by atoms with Crippen LogP contribution in [-0.2, 0) is 18.4 Å². The molecule has 6 nitrogen and oxygen atoms in total. The molecular formula is C16H22N4O2. The molecule has 1 saturated heterocycles. The van der Waals surface area contributed by atoms with Gasteiger partial charge in [-0.15, -0.1) is 0 Å². The largest absolute Gasteiger partial charge is 0.341 e. The number of aromatic nitrogens is 3. The minimum Gasteiger partial charge on any atom is -0.341 e. The predicted molar refractivity (Wildman–Crippen MR) is 84.9 cm³/mol. The summed E-state index contributed by atoms with van der Waals surface area (Å²) in [6.07, 6.45) is 3.28. The van der Waals surface area contributed by atoms with Crippen LogP contribution in [0.3, 0.4) is 0 Å². The van der Waals surface area contributed by atoms with E-state index >= 15 is 0 Å². The van der Waals surface area contributed by atoms with E-state index < -0.39 is 0 Å². The quantitative estimate of drug-likeness (QED) is 0.841. The minimum absolute atomic E-state index is 0.0193. The number of rotatable bonds is 2. The zero-order valence-corrected chi connectivity index (χ0v) is 13.4. The van der Waals surface area contributed by atoms with Crippen molar-refractivity contribution in [3.05, 3.63) is 27.7 Å². The third kappa shape index (κ3) is 2.42. The molecule has 2 aromatic rings. The molecule has 6 heteroatoms. The van der Waals surface area contributed by atoms with Crippen LogP contribution >= 0.6 is 0 Å². The van der Waals surface area contributed by atoms with Gasteiger partial charge < -0.3 is 4.90 Å². The molecule has 0 radical (unpaired) electrons. The highest BCUT2D eigenvalue weighted by molar-refractivity contribution is 5.84. The van der Waals surface area contributed by atoms with E-state index in [2.05, 4.69) is 5.10 Å². The van der Waals surface area contributed by atoms with Crippen LogP contribution in [0.2, 0.25) is 0 Å². The fourth-order valence-electron chi connectivity index (χ4n) is 3.39. The van der Waals surface area contributed by atoms with Crippen molar-refractivity contribution in [1.82, 2.24) is 19.2 Å². The first-order valence-corrected chi connectivity index (χ1v) is 7.80. The average Bonchev–Trinajstić information content (AvgIpc) is 2.79. The van der Waals surface area contributed by atoms with Gasteiger partial charge >= 0.3 is 0 Å². The first-order valence-electron chi connectivity index (χ1n) is 7.80. The number of nitrogens with zero attached hydrogens (tertiary/aromatic N) is 4.